The number of ether oxygens (including phenoxy) is 1. The maximum absolute atomic E-state index is 13.5. The van der Waals surface area contributed by atoms with E-state index in [0.717, 1.165) is 16.1 Å². The van der Waals surface area contributed by atoms with E-state index in [1.807, 2.05) is 75.4 Å². The fraction of sp³-hybridized carbons (Fsp3) is 0.171. The highest BCUT2D eigenvalue weighted by Crippen LogP contribution is 2.29. The fourth-order valence-electron chi connectivity index (χ4n) is 4.26. The second kappa shape index (κ2) is 14.9. The van der Waals surface area contributed by atoms with Crippen LogP contribution in [-0.2, 0) is 9.59 Å². The Morgan fingerprint density at radius 2 is 1.53 bits per heavy atom. The van der Waals surface area contributed by atoms with Gasteiger partial charge in [0.25, 0.3) is 11.8 Å². The van der Waals surface area contributed by atoms with Crippen molar-refractivity contribution >= 4 is 46.9 Å². The van der Waals surface area contributed by atoms with E-state index in [1.54, 1.807) is 55.7 Å². The molecule has 4 aromatic rings. The van der Waals surface area contributed by atoms with Gasteiger partial charge in [-0.1, -0.05) is 55.5 Å². The van der Waals surface area contributed by atoms with Crippen molar-refractivity contribution in [2.24, 2.45) is 0 Å². The molecule has 0 heterocycles. The number of thioether (sulfide) groups is 1. The summed E-state index contributed by atoms with van der Waals surface area (Å²) in [6, 6.07) is 29.1. The number of carbonyl (C=O) groups excluding carboxylic acids is 3. The topological polar surface area (TPSA) is 96.5 Å². The third-order valence-electron chi connectivity index (χ3n) is 6.78. The third kappa shape index (κ3) is 8.59. The van der Waals surface area contributed by atoms with Gasteiger partial charge in [0.05, 0.1) is 12.4 Å². The lowest BCUT2D eigenvalue weighted by atomic mass is 10.1. The van der Waals surface area contributed by atoms with E-state index in [4.69, 9.17) is 4.74 Å². The maximum atomic E-state index is 13.5. The Labute approximate surface area is 256 Å². The summed E-state index contributed by atoms with van der Waals surface area (Å²) in [7, 11) is 1.55. The van der Waals surface area contributed by atoms with Crippen LogP contribution in [0.1, 0.15) is 40.4 Å². The number of benzene rings is 4. The number of anilines is 2. The van der Waals surface area contributed by atoms with Gasteiger partial charge < -0.3 is 20.7 Å². The number of nitrogens with one attached hydrogen (secondary N) is 3. The highest BCUT2D eigenvalue weighted by Gasteiger charge is 2.20. The molecule has 0 saturated heterocycles. The Balaban J connectivity index is 1.52. The molecule has 8 heteroatoms. The number of methoxy groups -OCH3 is 1. The second-order valence-corrected chi connectivity index (χ2v) is 11.2. The van der Waals surface area contributed by atoms with Crippen molar-refractivity contribution in [3.8, 4) is 5.75 Å². The van der Waals surface area contributed by atoms with Crippen LogP contribution < -0.4 is 20.7 Å². The Morgan fingerprint density at radius 3 is 2.26 bits per heavy atom. The van der Waals surface area contributed by atoms with Gasteiger partial charge in [0.1, 0.15) is 11.4 Å². The summed E-state index contributed by atoms with van der Waals surface area (Å²) in [6.45, 7) is 6.01. The van der Waals surface area contributed by atoms with Gasteiger partial charge in [-0.2, -0.15) is 0 Å². The van der Waals surface area contributed by atoms with Crippen molar-refractivity contribution in [1.82, 2.24) is 5.32 Å². The molecule has 0 aliphatic heterocycles. The number of carbonyl (C=O) groups is 3. The number of rotatable bonds is 11. The Bertz CT molecular complexity index is 1640. The molecule has 1 unspecified atom stereocenters. The van der Waals surface area contributed by atoms with Gasteiger partial charge in [-0.3, -0.25) is 14.4 Å². The molecule has 0 aliphatic rings. The molecule has 0 aromatic heterocycles. The van der Waals surface area contributed by atoms with Crippen LogP contribution in [-0.4, -0.2) is 30.1 Å². The lowest BCUT2D eigenvalue weighted by Crippen LogP contribution is -2.30. The summed E-state index contributed by atoms with van der Waals surface area (Å²) >= 11 is 1.42. The fourth-order valence-corrected chi connectivity index (χ4v) is 5.27. The predicted molar refractivity (Wildman–Crippen MR) is 174 cm³/mol. The number of aryl methyl sites for hydroxylation is 2. The Kier molecular flexibility index (Phi) is 10.8. The molecule has 4 aromatic carbocycles. The van der Waals surface area contributed by atoms with Gasteiger partial charge in [0.2, 0.25) is 5.91 Å². The minimum Gasteiger partial charge on any atom is -0.496 e. The zero-order chi connectivity index (χ0) is 30.8. The lowest BCUT2D eigenvalue weighted by Gasteiger charge is -2.16. The first-order chi connectivity index (χ1) is 20.8. The summed E-state index contributed by atoms with van der Waals surface area (Å²) in [6.07, 6.45) is 2.20. The minimum absolute atomic E-state index is 0.0515. The largest absolute Gasteiger partial charge is 0.496 e. The van der Waals surface area contributed by atoms with Gasteiger partial charge in [-0.05, 0) is 86.0 Å². The smallest absolute Gasteiger partial charge is 0.272 e. The molecule has 0 radical (unpaired) electrons. The zero-order valence-electron chi connectivity index (χ0n) is 24.6. The van der Waals surface area contributed by atoms with Crippen molar-refractivity contribution in [3.05, 3.63) is 125 Å². The van der Waals surface area contributed by atoms with Gasteiger partial charge >= 0.3 is 0 Å². The van der Waals surface area contributed by atoms with Crippen LogP contribution >= 0.6 is 11.8 Å². The SMILES string of the molecule is CCC(Sc1cccc(NC(=O)/C(=C\c2ccccc2OC)NC(=O)c2ccccc2)c1)C(=O)Nc1ccc(C)c(C)c1. The molecule has 0 spiro atoms. The summed E-state index contributed by atoms with van der Waals surface area (Å²) in [5, 5.41) is 8.33. The lowest BCUT2D eigenvalue weighted by molar-refractivity contribution is -0.116. The molecule has 43 heavy (non-hydrogen) atoms. The van der Waals surface area contributed by atoms with Gasteiger partial charge in [-0.15, -0.1) is 11.8 Å². The van der Waals surface area contributed by atoms with Crippen LogP contribution in [0.5, 0.6) is 5.75 Å². The molecule has 3 amide bonds. The van der Waals surface area contributed by atoms with Crippen LogP contribution in [0.3, 0.4) is 0 Å². The molecule has 0 fully saturated rings. The van der Waals surface area contributed by atoms with E-state index < -0.39 is 11.8 Å². The van der Waals surface area contributed by atoms with Crippen LogP contribution in [0.25, 0.3) is 6.08 Å². The minimum atomic E-state index is -0.503. The van der Waals surface area contributed by atoms with Crippen LogP contribution in [0.15, 0.2) is 108 Å². The normalized spacial score (nSPS) is 11.8. The first-order valence-corrected chi connectivity index (χ1v) is 14.8. The van der Waals surface area contributed by atoms with Crippen molar-refractivity contribution in [2.75, 3.05) is 17.7 Å². The summed E-state index contributed by atoms with van der Waals surface area (Å²) < 4.78 is 5.44. The first kappa shape index (κ1) is 31.1. The number of para-hydroxylation sites is 1. The average molecular weight is 594 g/mol. The summed E-state index contributed by atoms with van der Waals surface area (Å²) in [5.41, 5.74) is 4.67. The van der Waals surface area contributed by atoms with Crippen LogP contribution in [0.2, 0.25) is 0 Å². The molecule has 220 valence electrons. The van der Waals surface area contributed by atoms with Crippen molar-refractivity contribution in [2.45, 2.75) is 37.3 Å². The van der Waals surface area contributed by atoms with Crippen molar-refractivity contribution in [1.29, 1.82) is 0 Å². The number of amides is 3. The molecular weight excluding hydrogens is 558 g/mol. The van der Waals surface area contributed by atoms with Crippen molar-refractivity contribution < 1.29 is 19.1 Å². The molecule has 0 bridgehead atoms. The molecule has 1 atom stereocenters. The zero-order valence-corrected chi connectivity index (χ0v) is 25.5. The van der Waals surface area contributed by atoms with E-state index in [0.29, 0.717) is 29.0 Å². The molecular formula is C35H35N3O4S. The number of hydrogen-bond donors (Lipinski definition) is 3. The van der Waals surface area contributed by atoms with E-state index >= 15 is 0 Å². The van der Waals surface area contributed by atoms with E-state index in [-0.39, 0.29) is 16.9 Å². The van der Waals surface area contributed by atoms with Crippen LogP contribution in [0, 0.1) is 13.8 Å². The second-order valence-electron chi connectivity index (χ2n) is 9.91. The van der Waals surface area contributed by atoms with Crippen LogP contribution in [0.4, 0.5) is 11.4 Å². The quantitative estimate of drug-likeness (QED) is 0.126. The highest BCUT2D eigenvalue weighted by atomic mass is 32.2. The number of hydrogen-bond acceptors (Lipinski definition) is 5. The first-order valence-electron chi connectivity index (χ1n) is 13.9. The van der Waals surface area contributed by atoms with Gasteiger partial charge in [0, 0.05) is 27.4 Å². The Hall–Kier alpha value is -4.82. The maximum Gasteiger partial charge on any atom is 0.272 e. The van der Waals surface area contributed by atoms with Gasteiger partial charge in [-0.25, -0.2) is 0 Å². The molecule has 7 nitrogen and oxygen atoms in total. The van der Waals surface area contributed by atoms with Crippen molar-refractivity contribution in [3.63, 3.8) is 0 Å². The molecule has 4 rings (SSSR count). The highest BCUT2D eigenvalue weighted by molar-refractivity contribution is 8.00. The molecule has 0 saturated carbocycles. The summed E-state index contributed by atoms with van der Waals surface area (Å²) in [4.78, 5) is 40.4. The predicted octanol–water partition coefficient (Wildman–Crippen LogP) is 7.23. The third-order valence-corrected chi connectivity index (χ3v) is 8.13. The monoisotopic (exact) mass is 593 g/mol. The molecule has 0 aliphatic carbocycles. The molecule has 3 N–H and O–H groups in total. The van der Waals surface area contributed by atoms with Gasteiger partial charge in [0.15, 0.2) is 0 Å². The van der Waals surface area contributed by atoms with E-state index in [2.05, 4.69) is 16.0 Å². The standard InChI is InChI=1S/C35H35N3O4S/c1-5-32(35(41)37-28-19-18-23(2)24(3)20-28)43-29-16-11-15-27(22-29)36-34(40)30(21-26-14-9-10-17-31(26)42-4)38-33(39)25-12-7-6-8-13-25/h6-22,32H,5H2,1-4H3,(H,36,40)(H,37,41)(H,38,39)/b30-21+. The average Bonchev–Trinajstić information content (AvgIpc) is 3.02. The van der Waals surface area contributed by atoms with E-state index in [1.165, 1.54) is 17.3 Å². The van der Waals surface area contributed by atoms with E-state index in [9.17, 15) is 14.4 Å². The summed E-state index contributed by atoms with van der Waals surface area (Å²) in [5.74, 6) is -0.445. The Morgan fingerprint density at radius 1 is 0.814 bits per heavy atom.